The molecule has 16 heavy (non-hydrogen) atoms. The summed E-state index contributed by atoms with van der Waals surface area (Å²) >= 11 is 0. The van der Waals surface area contributed by atoms with Crippen molar-refractivity contribution in [3.05, 3.63) is 30.3 Å². The number of hydrogen-bond donors (Lipinski definition) is 0. The third-order valence-corrected chi connectivity index (χ3v) is 2.82. The highest BCUT2D eigenvalue weighted by molar-refractivity contribution is 5.44. The van der Waals surface area contributed by atoms with E-state index in [4.69, 9.17) is 4.74 Å². The van der Waals surface area contributed by atoms with Gasteiger partial charge in [-0.2, -0.15) is 0 Å². The Morgan fingerprint density at radius 2 is 1.88 bits per heavy atom. The number of rotatable bonds is 4. The van der Waals surface area contributed by atoms with Crippen LogP contribution < -0.4 is 5.01 Å². The first-order valence-corrected chi connectivity index (χ1v) is 6.07. The molecular formula is C13H20N2O. The maximum Gasteiger partial charge on any atom is 0.0612 e. The number of ether oxygens (including phenoxy) is 1. The molecular weight excluding hydrogens is 200 g/mol. The van der Waals surface area contributed by atoms with E-state index in [0.29, 0.717) is 0 Å². The Balaban J connectivity index is 2.09. The lowest BCUT2D eigenvalue weighted by atomic mass is 10.3. The Kier molecular flexibility index (Phi) is 4.19. The van der Waals surface area contributed by atoms with Gasteiger partial charge in [0.1, 0.15) is 0 Å². The van der Waals surface area contributed by atoms with Gasteiger partial charge in [-0.3, -0.25) is 0 Å². The molecule has 1 saturated heterocycles. The third kappa shape index (κ3) is 2.74. The molecule has 3 nitrogen and oxygen atoms in total. The van der Waals surface area contributed by atoms with E-state index in [2.05, 4.69) is 47.3 Å². The minimum absolute atomic E-state index is 0.840. The molecule has 1 aliphatic rings. The summed E-state index contributed by atoms with van der Waals surface area (Å²) in [6, 6.07) is 10.6. The van der Waals surface area contributed by atoms with E-state index in [-0.39, 0.29) is 0 Å². The summed E-state index contributed by atoms with van der Waals surface area (Å²) in [7, 11) is 0. The minimum Gasteiger partial charge on any atom is -0.379 e. The van der Waals surface area contributed by atoms with E-state index >= 15 is 0 Å². The second-order valence-electron chi connectivity index (χ2n) is 4.02. The maximum atomic E-state index is 5.40. The number of morpholine rings is 1. The van der Waals surface area contributed by atoms with Gasteiger partial charge in [-0.25, -0.2) is 5.01 Å². The molecule has 1 heterocycles. The first-order valence-electron chi connectivity index (χ1n) is 6.07. The van der Waals surface area contributed by atoms with Crippen LogP contribution in [0.1, 0.15) is 13.3 Å². The van der Waals surface area contributed by atoms with E-state index in [1.165, 1.54) is 5.69 Å². The number of nitrogens with zero attached hydrogens (tertiary/aromatic N) is 2. The van der Waals surface area contributed by atoms with E-state index in [1.807, 2.05) is 0 Å². The zero-order valence-electron chi connectivity index (χ0n) is 9.93. The molecule has 1 aromatic rings. The van der Waals surface area contributed by atoms with Gasteiger partial charge in [0, 0.05) is 19.6 Å². The quantitative estimate of drug-likeness (QED) is 0.773. The van der Waals surface area contributed by atoms with Gasteiger partial charge < -0.3 is 9.75 Å². The fraction of sp³-hybridized carbons (Fsp3) is 0.538. The van der Waals surface area contributed by atoms with Crippen LogP contribution >= 0.6 is 0 Å². The Hall–Kier alpha value is -1.06. The molecule has 0 amide bonds. The van der Waals surface area contributed by atoms with Crippen LogP contribution in [0.2, 0.25) is 0 Å². The van der Waals surface area contributed by atoms with Crippen molar-refractivity contribution in [2.45, 2.75) is 13.3 Å². The van der Waals surface area contributed by atoms with Gasteiger partial charge in [0.25, 0.3) is 0 Å². The predicted molar refractivity (Wildman–Crippen MR) is 66.5 cm³/mol. The van der Waals surface area contributed by atoms with Crippen molar-refractivity contribution in [3.8, 4) is 0 Å². The van der Waals surface area contributed by atoms with Crippen molar-refractivity contribution in [3.63, 3.8) is 0 Å². The van der Waals surface area contributed by atoms with Crippen LogP contribution in [0, 0.1) is 0 Å². The summed E-state index contributed by atoms with van der Waals surface area (Å²) in [6.07, 6.45) is 1.16. The average molecular weight is 220 g/mol. The van der Waals surface area contributed by atoms with Gasteiger partial charge >= 0.3 is 0 Å². The number of hydrogen-bond acceptors (Lipinski definition) is 3. The molecule has 1 aliphatic heterocycles. The largest absolute Gasteiger partial charge is 0.379 e. The Morgan fingerprint density at radius 3 is 2.50 bits per heavy atom. The minimum atomic E-state index is 0.840. The molecule has 0 spiro atoms. The van der Waals surface area contributed by atoms with Crippen molar-refractivity contribution < 1.29 is 4.74 Å². The molecule has 0 bridgehead atoms. The Bertz CT molecular complexity index is 296. The fourth-order valence-electron chi connectivity index (χ4n) is 2.04. The predicted octanol–water partition coefficient (Wildman–Crippen LogP) is 2.15. The number of anilines is 1. The lowest BCUT2D eigenvalue weighted by Gasteiger charge is -2.38. The van der Waals surface area contributed by atoms with Crippen molar-refractivity contribution >= 4 is 5.69 Å². The molecule has 3 heteroatoms. The molecule has 0 saturated carbocycles. The Morgan fingerprint density at radius 1 is 1.19 bits per heavy atom. The van der Waals surface area contributed by atoms with Gasteiger partial charge in [0.05, 0.1) is 18.9 Å². The van der Waals surface area contributed by atoms with Crippen LogP contribution in [-0.4, -0.2) is 37.9 Å². The highest BCUT2D eigenvalue weighted by Gasteiger charge is 2.17. The van der Waals surface area contributed by atoms with Crippen LogP contribution in [0.15, 0.2) is 30.3 Å². The SMILES string of the molecule is CCCN(c1ccccc1)N1CCOCC1. The molecule has 1 aromatic carbocycles. The number of hydrazine groups is 1. The lowest BCUT2D eigenvalue weighted by molar-refractivity contribution is 0.0316. The maximum absolute atomic E-state index is 5.40. The summed E-state index contributed by atoms with van der Waals surface area (Å²) in [5, 5.41) is 4.77. The molecule has 1 fully saturated rings. The van der Waals surface area contributed by atoms with Crippen molar-refractivity contribution in [2.24, 2.45) is 0 Å². The molecule has 2 rings (SSSR count). The highest BCUT2D eigenvalue weighted by atomic mass is 16.5. The zero-order valence-corrected chi connectivity index (χ0v) is 9.93. The number of para-hydroxylation sites is 1. The highest BCUT2D eigenvalue weighted by Crippen LogP contribution is 2.17. The van der Waals surface area contributed by atoms with Crippen LogP contribution in [0.4, 0.5) is 5.69 Å². The molecule has 0 aromatic heterocycles. The van der Waals surface area contributed by atoms with E-state index < -0.39 is 0 Å². The smallest absolute Gasteiger partial charge is 0.0612 e. The second kappa shape index (κ2) is 5.87. The van der Waals surface area contributed by atoms with E-state index in [9.17, 15) is 0 Å². The summed E-state index contributed by atoms with van der Waals surface area (Å²) in [6.45, 7) is 6.96. The van der Waals surface area contributed by atoms with Gasteiger partial charge in [0.2, 0.25) is 0 Å². The average Bonchev–Trinajstić information content (AvgIpc) is 2.38. The topological polar surface area (TPSA) is 15.7 Å². The first kappa shape index (κ1) is 11.4. The molecule has 0 aliphatic carbocycles. The molecule has 88 valence electrons. The summed E-state index contributed by atoms with van der Waals surface area (Å²) in [5.41, 5.74) is 1.28. The van der Waals surface area contributed by atoms with Gasteiger partial charge in [-0.1, -0.05) is 25.1 Å². The molecule has 0 N–H and O–H groups in total. The molecule has 0 radical (unpaired) electrons. The van der Waals surface area contributed by atoms with E-state index in [0.717, 1.165) is 39.3 Å². The van der Waals surface area contributed by atoms with Crippen LogP contribution in [0.5, 0.6) is 0 Å². The molecule has 0 atom stereocenters. The van der Waals surface area contributed by atoms with Crippen LogP contribution in [0.25, 0.3) is 0 Å². The summed E-state index contributed by atoms with van der Waals surface area (Å²) < 4.78 is 5.40. The third-order valence-electron chi connectivity index (χ3n) is 2.82. The summed E-state index contributed by atoms with van der Waals surface area (Å²) in [4.78, 5) is 0. The van der Waals surface area contributed by atoms with E-state index in [1.54, 1.807) is 0 Å². The van der Waals surface area contributed by atoms with Crippen molar-refractivity contribution in [1.82, 2.24) is 5.01 Å². The lowest BCUT2D eigenvalue weighted by Crippen LogP contribution is -2.49. The van der Waals surface area contributed by atoms with Gasteiger partial charge in [0.15, 0.2) is 0 Å². The monoisotopic (exact) mass is 220 g/mol. The Labute approximate surface area is 97.6 Å². The van der Waals surface area contributed by atoms with Crippen LogP contribution in [0.3, 0.4) is 0 Å². The van der Waals surface area contributed by atoms with Crippen LogP contribution in [-0.2, 0) is 4.74 Å². The normalized spacial score (nSPS) is 17.3. The van der Waals surface area contributed by atoms with Gasteiger partial charge in [-0.15, -0.1) is 0 Å². The standard InChI is InChI=1S/C13H20N2O/c1-2-8-15(13-6-4-3-5-7-13)14-9-11-16-12-10-14/h3-7H,2,8-12H2,1H3. The van der Waals surface area contributed by atoms with Crippen molar-refractivity contribution in [1.29, 1.82) is 0 Å². The summed E-state index contributed by atoms with van der Waals surface area (Å²) in [5.74, 6) is 0. The molecule has 0 unspecified atom stereocenters. The first-order chi connectivity index (χ1) is 7.92. The fourth-order valence-corrected chi connectivity index (χ4v) is 2.04. The van der Waals surface area contributed by atoms with Crippen molar-refractivity contribution in [2.75, 3.05) is 37.9 Å². The van der Waals surface area contributed by atoms with Gasteiger partial charge in [-0.05, 0) is 18.6 Å². The zero-order chi connectivity index (χ0) is 11.2. The second-order valence-corrected chi connectivity index (χ2v) is 4.02. The number of benzene rings is 1.